The summed E-state index contributed by atoms with van der Waals surface area (Å²) >= 11 is 0. The zero-order valence-electron chi connectivity index (χ0n) is 13.9. The van der Waals surface area contributed by atoms with Crippen LogP contribution in [0.15, 0.2) is 42.6 Å². The number of nitrogens with zero attached hydrogens (tertiary/aromatic N) is 1. The van der Waals surface area contributed by atoms with E-state index in [0.29, 0.717) is 17.0 Å². The molecule has 3 heteroatoms. The van der Waals surface area contributed by atoms with Gasteiger partial charge in [-0.3, -0.25) is 0 Å². The highest BCUT2D eigenvalue weighted by Crippen LogP contribution is 2.60. The maximum atomic E-state index is 5.84. The van der Waals surface area contributed by atoms with Crippen LogP contribution in [0.2, 0.25) is 0 Å². The van der Waals surface area contributed by atoms with Crippen LogP contribution in [0.4, 0.5) is 5.69 Å². The molecule has 1 aromatic carbocycles. The van der Waals surface area contributed by atoms with E-state index in [9.17, 15) is 0 Å². The summed E-state index contributed by atoms with van der Waals surface area (Å²) in [5.41, 5.74) is 8.30. The van der Waals surface area contributed by atoms with Crippen LogP contribution in [0.25, 0.3) is 0 Å². The fourth-order valence-corrected chi connectivity index (χ4v) is 5.91. The fraction of sp³-hybridized carbons (Fsp3) is 0.476. The second-order valence-corrected chi connectivity index (χ2v) is 8.25. The molecule has 24 heavy (non-hydrogen) atoms. The maximum Gasteiger partial charge on any atom is 0.219 e. The van der Waals surface area contributed by atoms with Gasteiger partial charge in [0.25, 0.3) is 0 Å². The van der Waals surface area contributed by atoms with E-state index in [0.717, 1.165) is 23.5 Å². The third-order valence-corrected chi connectivity index (χ3v) is 6.49. The molecule has 0 radical (unpaired) electrons. The molecule has 0 saturated heterocycles. The Morgan fingerprint density at radius 3 is 2.04 bits per heavy atom. The number of nitrogen functional groups attached to an aromatic ring is 1. The van der Waals surface area contributed by atoms with E-state index in [1.54, 1.807) is 6.20 Å². The Kier molecular flexibility index (Phi) is 3.12. The van der Waals surface area contributed by atoms with Crippen molar-refractivity contribution in [3.63, 3.8) is 0 Å². The van der Waals surface area contributed by atoms with Gasteiger partial charge in [0.2, 0.25) is 5.88 Å². The van der Waals surface area contributed by atoms with Gasteiger partial charge in [0.1, 0.15) is 5.75 Å². The number of rotatable bonds is 3. The van der Waals surface area contributed by atoms with Crippen molar-refractivity contribution in [3.8, 4) is 11.6 Å². The van der Waals surface area contributed by atoms with Crippen LogP contribution in [0.3, 0.4) is 0 Å². The van der Waals surface area contributed by atoms with Gasteiger partial charge in [-0.15, -0.1) is 0 Å². The molecule has 0 spiro atoms. The van der Waals surface area contributed by atoms with Crippen molar-refractivity contribution in [1.29, 1.82) is 0 Å². The molecule has 1 heterocycles. The van der Waals surface area contributed by atoms with E-state index in [-0.39, 0.29) is 0 Å². The third-order valence-electron chi connectivity index (χ3n) is 6.49. The van der Waals surface area contributed by atoms with Crippen LogP contribution in [0.1, 0.15) is 44.1 Å². The summed E-state index contributed by atoms with van der Waals surface area (Å²) < 4.78 is 5.84. The first-order valence-corrected chi connectivity index (χ1v) is 9.18. The standard InChI is InChI=1S/C21H24N2O/c22-18-3-6-20(23-13-18)24-19-4-1-17(2-5-19)21-10-14-7-15(11-21)9-16(8-14)12-21/h1-6,13-16H,7-12,22H2/t14-,15-,16-,21?. The molecule has 124 valence electrons. The average Bonchev–Trinajstić information content (AvgIpc) is 2.56. The normalized spacial score (nSPS) is 33.6. The molecule has 4 saturated carbocycles. The van der Waals surface area contributed by atoms with Gasteiger partial charge in [-0.2, -0.15) is 0 Å². The van der Waals surface area contributed by atoms with Gasteiger partial charge >= 0.3 is 0 Å². The van der Waals surface area contributed by atoms with Crippen LogP contribution >= 0.6 is 0 Å². The molecule has 4 fully saturated rings. The van der Waals surface area contributed by atoms with E-state index in [4.69, 9.17) is 10.5 Å². The highest BCUT2D eigenvalue weighted by Gasteiger charge is 2.51. The quantitative estimate of drug-likeness (QED) is 0.873. The minimum absolute atomic E-state index is 0.451. The van der Waals surface area contributed by atoms with Crippen LogP contribution in [0, 0.1) is 17.8 Å². The topological polar surface area (TPSA) is 48.1 Å². The summed E-state index contributed by atoms with van der Waals surface area (Å²) in [4.78, 5) is 4.20. The molecule has 4 aliphatic carbocycles. The summed E-state index contributed by atoms with van der Waals surface area (Å²) in [6, 6.07) is 12.4. The van der Waals surface area contributed by atoms with E-state index < -0.39 is 0 Å². The number of aromatic nitrogens is 1. The molecule has 6 rings (SSSR count). The number of anilines is 1. The zero-order valence-corrected chi connectivity index (χ0v) is 13.9. The Morgan fingerprint density at radius 2 is 1.50 bits per heavy atom. The van der Waals surface area contributed by atoms with Crippen LogP contribution in [-0.4, -0.2) is 4.98 Å². The lowest BCUT2D eigenvalue weighted by Gasteiger charge is -2.57. The summed E-state index contributed by atoms with van der Waals surface area (Å²) in [5, 5.41) is 0. The number of ether oxygens (including phenoxy) is 1. The first kappa shape index (κ1) is 14.3. The molecule has 4 bridgehead atoms. The molecule has 0 amide bonds. The van der Waals surface area contributed by atoms with E-state index in [2.05, 4.69) is 29.2 Å². The Labute approximate surface area is 143 Å². The van der Waals surface area contributed by atoms with Crippen molar-refractivity contribution in [2.45, 2.75) is 43.9 Å². The lowest BCUT2D eigenvalue weighted by Crippen LogP contribution is -2.48. The predicted molar refractivity (Wildman–Crippen MR) is 95.0 cm³/mol. The number of benzene rings is 1. The molecule has 0 unspecified atom stereocenters. The summed E-state index contributed by atoms with van der Waals surface area (Å²) in [6.07, 6.45) is 10.3. The van der Waals surface area contributed by atoms with E-state index in [1.165, 1.54) is 44.1 Å². The van der Waals surface area contributed by atoms with Gasteiger partial charge in [0, 0.05) is 6.07 Å². The van der Waals surface area contributed by atoms with Crippen molar-refractivity contribution in [3.05, 3.63) is 48.2 Å². The third kappa shape index (κ3) is 2.38. The van der Waals surface area contributed by atoms with Crippen molar-refractivity contribution < 1.29 is 4.74 Å². The number of hydrogen-bond acceptors (Lipinski definition) is 3. The molecule has 3 nitrogen and oxygen atoms in total. The predicted octanol–water partition coefficient (Wildman–Crippen LogP) is 4.92. The highest BCUT2D eigenvalue weighted by atomic mass is 16.5. The largest absolute Gasteiger partial charge is 0.439 e. The Balaban J connectivity index is 1.37. The van der Waals surface area contributed by atoms with Gasteiger partial charge in [-0.25, -0.2) is 4.98 Å². The Bertz CT molecular complexity index is 700. The lowest BCUT2D eigenvalue weighted by atomic mass is 9.48. The van der Waals surface area contributed by atoms with Crippen molar-refractivity contribution in [2.24, 2.45) is 17.8 Å². The summed E-state index contributed by atoms with van der Waals surface area (Å²) in [5.74, 6) is 4.37. The van der Waals surface area contributed by atoms with E-state index in [1.807, 2.05) is 12.1 Å². The summed E-state index contributed by atoms with van der Waals surface area (Å²) in [6.45, 7) is 0. The zero-order chi connectivity index (χ0) is 16.1. The minimum atomic E-state index is 0.451. The van der Waals surface area contributed by atoms with Crippen LogP contribution in [0.5, 0.6) is 11.6 Å². The second kappa shape index (κ2) is 5.23. The first-order chi connectivity index (χ1) is 11.7. The van der Waals surface area contributed by atoms with Gasteiger partial charge in [0.05, 0.1) is 11.9 Å². The molecule has 0 atom stereocenters. The first-order valence-electron chi connectivity index (χ1n) is 9.18. The van der Waals surface area contributed by atoms with Gasteiger partial charge in [-0.1, -0.05) is 12.1 Å². The number of hydrogen-bond donors (Lipinski definition) is 1. The van der Waals surface area contributed by atoms with Crippen molar-refractivity contribution >= 4 is 5.69 Å². The number of pyridine rings is 1. The molecule has 4 aliphatic rings. The molecule has 0 aliphatic heterocycles. The molecule has 2 aromatic rings. The minimum Gasteiger partial charge on any atom is -0.439 e. The highest BCUT2D eigenvalue weighted by molar-refractivity contribution is 5.39. The molecule has 1 aromatic heterocycles. The van der Waals surface area contributed by atoms with Crippen LogP contribution < -0.4 is 10.5 Å². The van der Waals surface area contributed by atoms with Crippen molar-refractivity contribution in [2.75, 3.05) is 5.73 Å². The average molecular weight is 320 g/mol. The molecular formula is C21H24N2O. The number of nitrogens with two attached hydrogens (primary N) is 1. The maximum absolute atomic E-state index is 5.84. The monoisotopic (exact) mass is 320 g/mol. The molecule has 2 N–H and O–H groups in total. The molecular weight excluding hydrogens is 296 g/mol. The Morgan fingerprint density at radius 1 is 0.875 bits per heavy atom. The fourth-order valence-electron chi connectivity index (χ4n) is 5.91. The van der Waals surface area contributed by atoms with Gasteiger partial charge in [0.15, 0.2) is 0 Å². The smallest absolute Gasteiger partial charge is 0.219 e. The summed E-state index contributed by atoms with van der Waals surface area (Å²) in [7, 11) is 0. The SMILES string of the molecule is Nc1ccc(Oc2ccc(C34C[C@H]5C[C@H](C3)C[C@@H](C4)C5)cc2)nc1. The Hall–Kier alpha value is -2.03. The lowest BCUT2D eigenvalue weighted by molar-refractivity contribution is -0.00519. The second-order valence-electron chi connectivity index (χ2n) is 8.25. The van der Waals surface area contributed by atoms with Crippen molar-refractivity contribution in [1.82, 2.24) is 4.98 Å². The van der Waals surface area contributed by atoms with Gasteiger partial charge < -0.3 is 10.5 Å². The van der Waals surface area contributed by atoms with Gasteiger partial charge in [-0.05, 0) is 85.5 Å². The van der Waals surface area contributed by atoms with Crippen LogP contribution in [-0.2, 0) is 5.41 Å². The van der Waals surface area contributed by atoms with E-state index >= 15 is 0 Å².